The van der Waals surface area contributed by atoms with Gasteiger partial charge in [-0.2, -0.15) is 0 Å². The Labute approximate surface area is 208 Å². The van der Waals surface area contributed by atoms with Crippen LogP contribution in [0, 0.1) is 0 Å². The number of thiophene rings is 1. The summed E-state index contributed by atoms with van der Waals surface area (Å²) in [6, 6.07) is 19.4. The number of aliphatic carboxylic acids is 1. The molecular formula is C27H20N2O4S2. The summed E-state index contributed by atoms with van der Waals surface area (Å²) in [5, 5.41) is 10.8. The first-order valence-electron chi connectivity index (χ1n) is 11.2. The van der Waals surface area contributed by atoms with Crippen LogP contribution in [0.4, 0.5) is 0 Å². The lowest BCUT2D eigenvalue weighted by molar-refractivity contribution is -0.139. The summed E-state index contributed by atoms with van der Waals surface area (Å²) >= 11 is 3.06. The van der Waals surface area contributed by atoms with Crippen molar-refractivity contribution in [2.45, 2.75) is 18.9 Å². The molecule has 0 radical (unpaired) electrons. The fourth-order valence-electron chi connectivity index (χ4n) is 4.67. The summed E-state index contributed by atoms with van der Waals surface area (Å²) in [5.74, 6) is -0.559. The van der Waals surface area contributed by atoms with Crippen LogP contribution in [0.5, 0.6) is 5.75 Å². The van der Waals surface area contributed by atoms with Crippen molar-refractivity contribution in [3.8, 4) is 5.75 Å². The molecule has 0 saturated carbocycles. The maximum atomic E-state index is 13.7. The van der Waals surface area contributed by atoms with Crippen molar-refractivity contribution in [2.24, 2.45) is 4.99 Å². The largest absolute Gasteiger partial charge is 0.482 e. The van der Waals surface area contributed by atoms with Crippen molar-refractivity contribution in [3.05, 3.63) is 113 Å². The second-order valence-corrected chi connectivity index (χ2v) is 10.4. The molecule has 1 aliphatic carbocycles. The zero-order chi connectivity index (χ0) is 23.9. The van der Waals surface area contributed by atoms with Gasteiger partial charge < -0.3 is 9.84 Å². The normalized spacial score (nSPS) is 16.8. The summed E-state index contributed by atoms with van der Waals surface area (Å²) in [6.45, 7) is -0.394. The third-order valence-electron chi connectivity index (χ3n) is 6.23. The van der Waals surface area contributed by atoms with Crippen LogP contribution in [0.3, 0.4) is 0 Å². The minimum Gasteiger partial charge on any atom is -0.482 e. The number of fused-ring (bicyclic) bond motifs is 3. The SMILES string of the molecule is O=C(O)COc1ccc(/C=c2\sc3n(c2=O)[C@H](c2cccs2)C2=C(N=3)c3ccccc3CC2)cc1. The van der Waals surface area contributed by atoms with E-state index in [0.717, 1.165) is 34.5 Å². The molecule has 0 spiro atoms. The zero-order valence-electron chi connectivity index (χ0n) is 18.5. The van der Waals surface area contributed by atoms with Gasteiger partial charge in [-0.25, -0.2) is 9.79 Å². The van der Waals surface area contributed by atoms with E-state index in [1.54, 1.807) is 23.5 Å². The summed E-state index contributed by atoms with van der Waals surface area (Å²) in [4.78, 5) is 31.2. The monoisotopic (exact) mass is 500 g/mol. The predicted molar refractivity (Wildman–Crippen MR) is 137 cm³/mol. The lowest BCUT2D eigenvalue weighted by atomic mass is 9.85. The molecule has 8 heteroatoms. The molecular weight excluding hydrogens is 480 g/mol. The Balaban J connectivity index is 1.47. The molecule has 2 aromatic carbocycles. The van der Waals surface area contributed by atoms with Crippen LogP contribution in [0.2, 0.25) is 0 Å². The van der Waals surface area contributed by atoms with Gasteiger partial charge in [0.05, 0.1) is 16.3 Å². The Morgan fingerprint density at radius 1 is 1.11 bits per heavy atom. The quantitative estimate of drug-likeness (QED) is 0.452. The topological polar surface area (TPSA) is 80.9 Å². The van der Waals surface area contributed by atoms with Crippen LogP contribution in [0.1, 0.15) is 34.0 Å². The molecule has 0 bridgehead atoms. The number of nitrogens with zero attached hydrogens (tertiary/aromatic N) is 2. The minimum atomic E-state index is -1.03. The summed E-state index contributed by atoms with van der Waals surface area (Å²) in [6.07, 6.45) is 3.67. The molecule has 174 valence electrons. The van der Waals surface area contributed by atoms with E-state index in [4.69, 9.17) is 14.8 Å². The van der Waals surface area contributed by atoms with Crippen LogP contribution in [-0.4, -0.2) is 22.2 Å². The first-order valence-corrected chi connectivity index (χ1v) is 12.9. The van der Waals surface area contributed by atoms with E-state index in [9.17, 15) is 9.59 Å². The molecule has 6 nitrogen and oxygen atoms in total. The van der Waals surface area contributed by atoms with Crippen LogP contribution < -0.4 is 19.6 Å². The molecule has 0 saturated heterocycles. The Hall–Kier alpha value is -3.75. The van der Waals surface area contributed by atoms with Gasteiger partial charge in [-0.3, -0.25) is 9.36 Å². The molecule has 2 aliphatic rings. The van der Waals surface area contributed by atoms with Gasteiger partial charge in [0.2, 0.25) is 0 Å². The number of aromatic nitrogens is 1. The van der Waals surface area contributed by atoms with E-state index in [1.165, 1.54) is 22.5 Å². The Morgan fingerprint density at radius 2 is 1.94 bits per heavy atom. The van der Waals surface area contributed by atoms with Crippen LogP contribution >= 0.6 is 22.7 Å². The fourth-order valence-corrected chi connectivity index (χ4v) is 6.52. The smallest absolute Gasteiger partial charge is 0.341 e. The van der Waals surface area contributed by atoms with Gasteiger partial charge in [0.1, 0.15) is 5.75 Å². The van der Waals surface area contributed by atoms with Gasteiger partial charge in [0, 0.05) is 10.4 Å². The first-order chi connectivity index (χ1) is 17.1. The van der Waals surface area contributed by atoms with Gasteiger partial charge in [-0.1, -0.05) is 53.8 Å². The zero-order valence-corrected chi connectivity index (χ0v) is 20.1. The van der Waals surface area contributed by atoms with E-state index in [1.807, 2.05) is 34.9 Å². The lowest BCUT2D eigenvalue weighted by Crippen LogP contribution is -2.38. The van der Waals surface area contributed by atoms with Crippen molar-refractivity contribution in [3.63, 3.8) is 0 Å². The highest BCUT2D eigenvalue weighted by Crippen LogP contribution is 2.42. The molecule has 2 aromatic heterocycles. The van der Waals surface area contributed by atoms with E-state index < -0.39 is 12.6 Å². The molecule has 1 N–H and O–H groups in total. The van der Waals surface area contributed by atoms with Crippen molar-refractivity contribution in [1.29, 1.82) is 0 Å². The third kappa shape index (κ3) is 3.94. The van der Waals surface area contributed by atoms with Gasteiger partial charge in [0.25, 0.3) is 5.56 Å². The molecule has 0 fully saturated rings. The number of benzene rings is 2. The molecule has 0 amide bonds. The van der Waals surface area contributed by atoms with Gasteiger partial charge in [-0.05, 0) is 59.2 Å². The van der Waals surface area contributed by atoms with Crippen LogP contribution in [-0.2, 0) is 11.2 Å². The number of thiazole rings is 1. The summed E-state index contributed by atoms with van der Waals surface area (Å²) in [5.41, 5.74) is 5.43. The summed E-state index contributed by atoms with van der Waals surface area (Å²) in [7, 11) is 0. The number of carboxylic acids is 1. The molecule has 4 aromatic rings. The Bertz CT molecular complexity index is 1640. The maximum Gasteiger partial charge on any atom is 0.341 e. The number of hydrogen-bond acceptors (Lipinski definition) is 6. The first kappa shape index (κ1) is 21.8. The van der Waals surface area contributed by atoms with E-state index in [2.05, 4.69) is 29.6 Å². The average Bonchev–Trinajstić information content (AvgIpc) is 3.51. The molecule has 3 heterocycles. The maximum absolute atomic E-state index is 13.7. The molecule has 6 rings (SSSR count). The number of carboxylic acid groups (broad SMARTS) is 1. The average molecular weight is 501 g/mol. The second-order valence-electron chi connectivity index (χ2n) is 8.38. The molecule has 35 heavy (non-hydrogen) atoms. The number of aryl methyl sites for hydroxylation is 1. The highest BCUT2D eigenvalue weighted by Gasteiger charge is 2.32. The summed E-state index contributed by atoms with van der Waals surface area (Å²) < 4.78 is 7.66. The van der Waals surface area contributed by atoms with Crippen LogP contribution in [0.25, 0.3) is 11.8 Å². The number of carbonyl (C=O) groups is 1. The Morgan fingerprint density at radius 3 is 2.71 bits per heavy atom. The number of hydrogen-bond donors (Lipinski definition) is 1. The number of rotatable bonds is 5. The highest BCUT2D eigenvalue weighted by molar-refractivity contribution is 7.10. The van der Waals surface area contributed by atoms with E-state index in [-0.39, 0.29) is 11.6 Å². The van der Waals surface area contributed by atoms with Gasteiger partial charge in [-0.15, -0.1) is 11.3 Å². The van der Waals surface area contributed by atoms with Gasteiger partial charge in [0.15, 0.2) is 11.4 Å². The van der Waals surface area contributed by atoms with E-state index >= 15 is 0 Å². The van der Waals surface area contributed by atoms with Gasteiger partial charge >= 0.3 is 5.97 Å². The fraction of sp³-hybridized carbons (Fsp3) is 0.148. The lowest BCUT2D eigenvalue weighted by Gasteiger charge is -2.30. The molecule has 0 unspecified atom stereocenters. The van der Waals surface area contributed by atoms with E-state index in [0.29, 0.717) is 15.1 Å². The molecule has 1 aliphatic heterocycles. The second kappa shape index (κ2) is 8.79. The van der Waals surface area contributed by atoms with Crippen molar-refractivity contribution in [2.75, 3.05) is 6.61 Å². The van der Waals surface area contributed by atoms with Crippen molar-refractivity contribution in [1.82, 2.24) is 4.57 Å². The van der Waals surface area contributed by atoms with Crippen molar-refractivity contribution >= 4 is 40.4 Å². The highest BCUT2D eigenvalue weighted by atomic mass is 32.1. The Kier molecular flexibility index (Phi) is 5.47. The molecule has 1 atom stereocenters. The third-order valence-corrected chi connectivity index (χ3v) is 8.13. The van der Waals surface area contributed by atoms with Crippen molar-refractivity contribution < 1.29 is 14.6 Å². The number of allylic oxidation sites excluding steroid dienone is 1. The minimum absolute atomic E-state index is 0.0521. The predicted octanol–water partition coefficient (Wildman–Crippen LogP) is 3.84. The van der Waals surface area contributed by atoms with Crippen LogP contribution in [0.15, 0.2) is 81.4 Å². The number of ether oxygens (including phenoxy) is 1. The standard InChI is InChI=1S/C27H20N2O4S2/c30-23(31)15-33-18-10-7-16(8-11-18)14-22-26(32)29-25(21-6-3-13-34-21)20-12-9-17-4-1-2-5-19(17)24(20)28-27(29)35-22/h1-8,10-11,13-14,25H,9,12,15H2,(H,30,31)/b22-14-/t25-/m0/s1.